The first-order chi connectivity index (χ1) is 12.0. The number of nitrogens with zero attached hydrogens (tertiary/aromatic N) is 1. The molecule has 0 spiro atoms. The minimum atomic E-state index is -0.268. The Kier molecular flexibility index (Phi) is 4.72. The second-order valence-corrected chi connectivity index (χ2v) is 5.98. The van der Waals surface area contributed by atoms with Crippen LogP contribution >= 0.6 is 12.2 Å². The highest BCUT2D eigenvalue weighted by Crippen LogP contribution is 2.32. The Morgan fingerprint density at radius 3 is 2.64 bits per heavy atom. The molecule has 6 heteroatoms. The second kappa shape index (κ2) is 6.94. The van der Waals surface area contributed by atoms with Gasteiger partial charge in [0.15, 0.2) is 16.6 Å². The normalized spacial score (nSPS) is 15.6. The molecule has 0 aromatic heterocycles. The molecule has 2 aromatic carbocycles. The molecule has 5 nitrogen and oxygen atoms in total. The molecule has 0 aliphatic carbocycles. The number of carbonyl (C=O) groups excluding carboxylic acids is 1. The van der Waals surface area contributed by atoms with Crippen molar-refractivity contribution in [1.29, 1.82) is 0 Å². The highest BCUT2D eigenvalue weighted by Gasteiger charge is 2.32. The molecular weight excluding hydrogens is 336 g/mol. The third-order valence-electron chi connectivity index (χ3n) is 3.80. The number of hydrogen-bond donors (Lipinski definition) is 2. The van der Waals surface area contributed by atoms with Crippen LogP contribution in [0, 0.1) is 6.92 Å². The van der Waals surface area contributed by atoms with Crippen LogP contribution in [-0.2, 0) is 4.79 Å². The van der Waals surface area contributed by atoms with E-state index in [1.54, 1.807) is 24.3 Å². The van der Waals surface area contributed by atoms with Crippen LogP contribution in [0.2, 0.25) is 0 Å². The fraction of sp³-hybridized carbons (Fsp3) is 0.158. The SMILES string of the molecule is CCOc1cccc(/C=C2\NC(=S)N(c3ccc(C)cc3)C2=O)c1O. The van der Waals surface area contributed by atoms with Gasteiger partial charge in [-0.2, -0.15) is 0 Å². The number of benzene rings is 2. The number of para-hydroxylation sites is 1. The maximum Gasteiger partial charge on any atom is 0.281 e. The van der Waals surface area contributed by atoms with Crippen molar-refractivity contribution in [2.24, 2.45) is 0 Å². The van der Waals surface area contributed by atoms with Crippen LogP contribution in [0.15, 0.2) is 48.2 Å². The minimum absolute atomic E-state index is 0.00819. The summed E-state index contributed by atoms with van der Waals surface area (Å²) >= 11 is 5.29. The Balaban J connectivity index is 1.93. The summed E-state index contributed by atoms with van der Waals surface area (Å²) in [6.07, 6.45) is 1.57. The van der Waals surface area contributed by atoms with E-state index >= 15 is 0 Å². The lowest BCUT2D eigenvalue weighted by atomic mass is 10.1. The fourth-order valence-electron chi connectivity index (χ4n) is 2.55. The van der Waals surface area contributed by atoms with Crippen molar-refractivity contribution in [2.45, 2.75) is 13.8 Å². The van der Waals surface area contributed by atoms with Crippen molar-refractivity contribution >= 4 is 35.0 Å². The van der Waals surface area contributed by atoms with Gasteiger partial charge in [0.2, 0.25) is 0 Å². The number of nitrogens with one attached hydrogen (secondary N) is 1. The van der Waals surface area contributed by atoms with Crippen LogP contribution in [0.3, 0.4) is 0 Å². The molecule has 0 bridgehead atoms. The first-order valence-corrected chi connectivity index (χ1v) is 8.30. The van der Waals surface area contributed by atoms with E-state index in [9.17, 15) is 9.90 Å². The first-order valence-electron chi connectivity index (χ1n) is 7.90. The summed E-state index contributed by atoms with van der Waals surface area (Å²) in [4.78, 5) is 14.2. The largest absolute Gasteiger partial charge is 0.504 e. The summed E-state index contributed by atoms with van der Waals surface area (Å²) < 4.78 is 5.37. The van der Waals surface area contributed by atoms with Crippen LogP contribution in [-0.4, -0.2) is 22.7 Å². The molecule has 3 rings (SSSR count). The van der Waals surface area contributed by atoms with Crippen molar-refractivity contribution in [2.75, 3.05) is 11.5 Å². The van der Waals surface area contributed by atoms with Crippen LogP contribution < -0.4 is 15.0 Å². The predicted molar refractivity (Wildman–Crippen MR) is 102 cm³/mol. The molecule has 2 N–H and O–H groups in total. The van der Waals surface area contributed by atoms with Crippen LogP contribution in [0.5, 0.6) is 11.5 Å². The van der Waals surface area contributed by atoms with Crippen LogP contribution in [0.25, 0.3) is 6.08 Å². The van der Waals surface area contributed by atoms with E-state index in [1.165, 1.54) is 4.90 Å². The molecule has 1 fully saturated rings. The number of thiocarbonyl (C=S) groups is 1. The van der Waals surface area contributed by atoms with E-state index in [-0.39, 0.29) is 11.7 Å². The van der Waals surface area contributed by atoms with Gasteiger partial charge in [0.25, 0.3) is 5.91 Å². The topological polar surface area (TPSA) is 61.8 Å². The molecule has 0 saturated carbocycles. The van der Waals surface area contributed by atoms with Crippen molar-refractivity contribution in [3.05, 3.63) is 59.3 Å². The molecule has 0 radical (unpaired) electrons. The smallest absolute Gasteiger partial charge is 0.281 e. The Bertz CT molecular complexity index is 859. The number of aryl methyl sites for hydroxylation is 1. The van der Waals surface area contributed by atoms with Gasteiger partial charge in [-0.05, 0) is 50.3 Å². The summed E-state index contributed by atoms with van der Waals surface area (Å²) in [5.41, 5.74) is 2.58. The highest BCUT2D eigenvalue weighted by atomic mass is 32.1. The number of carbonyl (C=O) groups is 1. The zero-order valence-electron chi connectivity index (χ0n) is 13.9. The van der Waals surface area contributed by atoms with Gasteiger partial charge in [-0.15, -0.1) is 0 Å². The second-order valence-electron chi connectivity index (χ2n) is 5.59. The number of amides is 1. The monoisotopic (exact) mass is 354 g/mol. The minimum Gasteiger partial charge on any atom is -0.504 e. The molecule has 1 aliphatic heterocycles. The summed E-state index contributed by atoms with van der Waals surface area (Å²) in [6, 6.07) is 12.7. The molecule has 0 unspecified atom stereocenters. The number of aromatic hydroxyl groups is 1. The number of hydrogen-bond acceptors (Lipinski definition) is 4. The quantitative estimate of drug-likeness (QED) is 0.651. The van der Waals surface area contributed by atoms with Crippen molar-refractivity contribution in [3.63, 3.8) is 0 Å². The van der Waals surface area contributed by atoms with Gasteiger partial charge in [0, 0.05) is 5.56 Å². The molecule has 128 valence electrons. The van der Waals surface area contributed by atoms with E-state index in [0.717, 1.165) is 5.56 Å². The van der Waals surface area contributed by atoms with Crippen LogP contribution in [0.1, 0.15) is 18.1 Å². The van der Waals surface area contributed by atoms with Crippen molar-refractivity contribution in [3.8, 4) is 11.5 Å². The maximum atomic E-state index is 12.7. The molecule has 1 heterocycles. The van der Waals surface area contributed by atoms with Gasteiger partial charge >= 0.3 is 0 Å². The van der Waals surface area contributed by atoms with Gasteiger partial charge in [-0.1, -0.05) is 29.8 Å². The van der Waals surface area contributed by atoms with E-state index in [2.05, 4.69) is 5.32 Å². The fourth-order valence-corrected chi connectivity index (χ4v) is 2.84. The maximum absolute atomic E-state index is 12.7. The van der Waals surface area contributed by atoms with Crippen molar-refractivity contribution in [1.82, 2.24) is 5.32 Å². The van der Waals surface area contributed by atoms with Crippen LogP contribution in [0.4, 0.5) is 5.69 Å². The summed E-state index contributed by atoms with van der Waals surface area (Å²) in [6.45, 7) is 4.26. The Morgan fingerprint density at radius 1 is 1.24 bits per heavy atom. The average Bonchev–Trinajstić information content (AvgIpc) is 2.86. The first kappa shape index (κ1) is 17.0. The molecule has 0 atom stereocenters. The zero-order valence-corrected chi connectivity index (χ0v) is 14.8. The standard InChI is InChI=1S/C19H18N2O3S/c1-3-24-16-6-4-5-13(17(16)22)11-15-18(23)21(19(25)20-15)14-9-7-12(2)8-10-14/h4-11,22H,3H2,1-2H3,(H,20,25)/b15-11-. The van der Waals surface area contributed by atoms with E-state index in [0.29, 0.717) is 34.4 Å². The molecule has 1 amide bonds. The lowest BCUT2D eigenvalue weighted by molar-refractivity contribution is -0.113. The molecule has 2 aromatic rings. The molecular formula is C19H18N2O3S. The van der Waals surface area contributed by atoms with E-state index in [1.807, 2.05) is 38.1 Å². The lowest BCUT2D eigenvalue weighted by Gasteiger charge is -2.14. The molecule has 1 saturated heterocycles. The zero-order chi connectivity index (χ0) is 18.0. The van der Waals surface area contributed by atoms with E-state index < -0.39 is 0 Å². The molecule has 1 aliphatic rings. The van der Waals surface area contributed by atoms with Gasteiger partial charge in [-0.3, -0.25) is 9.69 Å². The third-order valence-corrected chi connectivity index (χ3v) is 4.08. The number of ether oxygens (including phenoxy) is 1. The number of phenols is 1. The Morgan fingerprint density at radius 2 is 1.96 bits per heavy atom. The lowest BCUT2D eigenvalue weighted by Crippen LogP contribution is -2.30. The van der Waals surface area contributed by atoms with Gasteiger partial charge in [-0.25, -0.2) is 0 Å². The van der Waals surface area contributed by atoms with E-state index in [4.69, 9.17) is 17.0 Å². The van der Waals surface area contributed by atoms with Gasteiger partial charge < -0.3 is 15.2 Å². The number of phenolic OH excluding ortho intramolecular Hbond substituents is 1. The average molecular weight is 354 g/mol. The Labute approximate surface area is 151 Å². The van der Waals surface area contributed by atoms with Crippen molar-refractivity contribution < 1.29 is 14.6 Å². The predicted octanol–water partition coefficient (Wildman–Crippen LogP) is 3.36. The summed E-state index contributed by atoms with van der Waals surface area (Å²) in [5, 5.41) is 13.5. The highest BCUT2D eigenvalue weighted by molar-refractivity contribution is 7.80. The van der Waals surface area contributed by atoms with Gasteiger partial charge in [0.1, 0.15) is 5.70 Å². The number of anilines is 1. The molecule has 25 heavy (non-hydrogen) atoms. The summed E-state index contributed by atoms with van der Waals surface area (Å²) in [5.74, 6) is 0.0986. The third kappa shape index (κ3) is 3.34. The number of rotatable bonds is 4. The summed E-state index contributed by atoms with van der Waals surface area (Å²) in [7, 11) is 0. The Hall–Kier alpha value is -2.86. The van der Waals surface area contributed by atoms with Gasteiger partial charge in [0.05, 0.1) is 12.3 Å².